The highest BCUT2D eigenvalue weighted by atomic mass is 35.5. The van der Waals surface area contributed by atoms with Crippen LogP contribution in [0.15, 0.2) is 30.5 Å². The first kappa shape index (κ1) is 13.1. The van der Waals surface area contributed by atoms with Crippen LogP contribution in [0.4, 0.5) is 0 Å². The van der Waals surface area contributed by atoms with Gasteiger partial charge in [0.15, 0.2) is 5.69 Å². The Balaban J connectivity index is 1.81. The van der Waals surface area contributed by atoms with Crippen molar-refractivity contribution in [1.29, 1.82) is 0 Å². The Morgan fingerprint density at radius 1 is 1.20 bits per heavy atom. The third kappa shape index (κ3) is 2.67. The maximum Gasteiger partial charge on any atom is 0.276 e. The predicted octanol–water partition coefficient (Wildman–Crippen LogP) is 2.55. The minimum absolute atomic E-state index is 0.0435. The van der Waals surface area contributed by atoms with E-state index in [1.165, 1.54) is 6.42 Å². The molecule has 20 heavy (non-hydrogen) atoms. The van der Waals surface area contributed by atoms with E-state index in [0.717, 1.165) is 31.6 Å². The molecule has 3 rings (SSSR count). The lowest BCUT2D eigenvalue weighted by atomic mass is 10.1. The molecule has 6 heteroatoms. The molecule has 5 nitrogen and oxygen atoms in total. The number of hydrogen-bond donors (Lipinski definition) is 0. The van der Waals surface area contributed by atoms with Crippen molar-refractivity contribution in [1.82, 2.24) is 19.9 Å². The predicted molar refractivity (Wildman–Crippen MR) is 76.1 cm³/mol. The molecule has 0 aliphatic carbocycles. The summed E-state index contributed by atoms with van der Waals surface area (Å²) in [6.45, 7) is 1.62. The van der Waals surface area contributed by atoms with Gasteiger partial charge in [-0.25, -0.2) is 4.68 Å². The van der Waals surface area contributed by atoms with Gasteiger partial charge in [-0.15, -0.1) is 5.10 Å². The van der Waals surface area contributed by atoms with Gasteiger partial charge in [0.05, 0.1) is 11.9 Å². The lowest BCUT2D eigenvalue weighted by molar-refractivity contribution is 0.0718. The van der Waals surface area contributed by atoms with Crippen LogP contribution in [0.1, 0.15) is 29.8 Å². The molecule has 0 atom stereocenters. The fourth-order valence-corrected chi connectivity index (χ4v) is 2.55. The van der Waals surface area contributed by atoms with Crippen LogP contribution < -0.4 is 0 Å². The topological polar surface area (TPSA) is 51.0 Å². The highest BCUT2D eigenvalue weighted by molar-refractivity contribution is 6.30. The standard InChI is InChI=1S/C14H15ClN4O/c15-11-5-4-6-12(9-11)19-10-13(16-17-19)14(20)18-7-2-1-3-8-18/h4-6,9-10H,1-3,7-8H2. The van der Waals surface area contributed by atoms with Crippen molar-refractivity contribution < 1.29 is 4.79 Å². The number of aromatic nitrogens is 3. The number of rotatable bonds is 2. The Morgan fingerprint density at radius 3 is 2.75 bits per heavy atom. The van der Waals surface area contributed by atoms with Crippen LogP contribution in [0.2, 0.25) is 5.02 Å². The van der Waals surface area contributed by atoms with Gasteiger partial charge in [-0.1, -0.05) is 22.9 Å². The van der Waals surface area contributed by atoms with Gasteiger partial charge in [0, 0.05) is 18.1 Å². The van der Waals surface area contributed by atoms with Crippen molar-refractivity contribution in [2.24, 2.45) is 0 Å². The first-order valence-electron chi connectivity index (χ1n) is 6.71. The summed E-state index contributed by atoms with van der Waals surface area (Å²) >= 11 is 5.95. The lowest BCUT2D eigenvalue weighted by Crippen LogP contribution is -2.35. The number of nitrogens with zero attached hydrogens (tertiary/aromatic N) is 4. The molecule has 1 aliphatic rings. The molecule has 1 aromatic carbocycles. The van der Waals surface area contributed by atoms with E-state index in [1.807, 2.05) is 17.0 Å². The molecule has 2 aromatic rings. The van der Waals surface area contributed by atoms with Crippen molar-refractivity contribution in [3.63, 3.8) is 0 Å². The summed E-state index contributed by atoms with van der Waals surface area (Å²) in [5, 5.41) is 8.61. The molecule has 104 valence electrons. The number of likely N-dealkylation sites (tertiary alicyclic amines) is 1. The maximum atomic E-state index is 12.3. The van der Waals surface area contributed by atoms with E-state index in [0.29, 0.717) is 10.7 Å². The summed E-state index contributed by atoms with van der Waals surface area (Å²) in [7, 11) is 0. The smallest absolute Gasteiger partial charge is 0.276 e. The number of carbonyl (C=O) groups is 1. The molecule has 0 saturated carbocycles. The van der Waals surface area contributed by atoms with Crippen LogP contribution in [0, 0.1) is 0 Å². The Labute approximate surface area is 122 Å². The number of benzene rings is 1. The molecule has 0 unspecified atom stereocenters. The highest BCUT2D eigenvalue weighted by Gasteiger charge is 2.21. The second-order valence-corrected chi connectivity index (χ2v) is 5.32. The molecule has 0 spiro atoms. The number of piperidine rings is 1. The van der Waals surface area contributed by atoms with E-state index in [1.54, 1.807) is 23.0 Å². The van der Waals surface area contributed by atoms with E-state index >= 15 is 0 Å². The SMILES string of the molecule is O=C(c1cn(-c2cccc(Cl)c2)nn1)N1CCCCC1. The summed E-state index contributed by atoms with van der Waals surface area (Å²) in [5.74, 6) is -0.0435. The van der Waals surface area contributed by atoms with Crippen molar-refractivity contribution >= 4 is 17.5 Å². The Hall–Kier alpha value is -1.88. The van der Waals surface area contributed by atoms with E-state index in [4.69, 9.17) is 11.6 Å². The zero-order valence-electron chi connectivity index (χ0n) is 11.0. The molecule has 1 amide bonds. The quantitative estimate of drug-likeness (QED) is 0.854. The van der Waals surface area contributed by atoms with E-state index in [2.05, 4.69) is 10.3 Å². The van der Waals surface area contributed by atoms with Crippen molar-refractivity contribution in [3.05, 3.63) is 41.2 Å². The molecular formula is C14H15ClN4O. The van der Waals surface area contributed by atoms with Gasteiger partial charge in [0.25, 0.3) is 5.91 Å². The molecule has 2 heterocycles. The summed E-state index contributed by atoms with van der Waals surface area (Å²) < 4.78 is 1.57. The van der Waals surface area contributed by atoms with Gasteiger partial charge in [-0.3, -0.25) is 4.79 Å². The van der Waals surface area contributed by atoms with E-state index < -0.39 is 0 Å². The average Bonchev–Trinajstić information content (AvgIpc) is 2.97. The van der Waals surface area contributed by atoms with Gasteiger partial charge in [0.2, 0.25) is 0 Å². The third-order valence-electron chi connectivity index (χ3n) is 3.43. The normalized spacial score (nSPS) is 15.3. The highest BCUT2D eigenvalue weighted by Crippen LogP contribution is 2.15. The second-order valence-electron chi connectivity index (χ2n) is 4.88. The minimum atomic E-state index is -0.0435. The Bertz CT molecular complexity index is 619. The molecule has 0 N–H and O–H groups in total. The molecular weight excluding hydrogens is 276 g/mol. The summed E-state index contributed by atoms with van der Waals surface area (Å²) in [6.07, 6.45) is 4.98. The maximum absolute atomic E-state index is 12.3. The fourth-order valence-electron chi connectivity index (χ4n) is 2.37. The fraction of sp³-hybridized carbons (Fsp3) is 0.357. The molecule has 0 radical (unpaired) electrons. The number of carbonyl (C=O) groups excluding carboxylic acids is 1. The van der Waals surface area contributed by atoms with Gasteiger partial charge >= 0.3 is 0 Å². The van der Waals surface area contributed by atoms with Crippen LogP contribution >= 0.6 is 11.6 Å². The van der Waals surface area contributed by atoms with Crippen molar-refractivity contribution in [2.75, 3.05) is 13.1 Å². The lowest BCUT2D eigenvalue weighted by Gasteiger charge is -2.25. The molecule has 1 fully saturated rings. The third-order valence-corrected chi connectivity index (χ3v) is 3.66. The van der Waals surface area contributed by atoms with Gasteiger partial charge < -0.3 is 4.90 Å². The van der Waals surface area contributed by atoms with Crippen molar-refractivity contribution in [2.45, 2.75) is 19.3 Å². The van der Waals surface area contributed by atoms with Crippen LogP contribution in [0.25, 0.3) is 5.69 Å². The van der Waals surface area contributed by atoms with E-state index in [-0.39, 0.29) is 5.91 Å². The molecule has 1 aliphatic heterocycles. The first-order chi connectivity index (χ1) is 9.74. The minimum Gasteiger partial charge on any atom is -0.337 e. The summed E-state index contributed by atoms with van der Waals surface area (Å²) in [6, 6.07) is 7.29. The van der Waals surface area contributed by atoms with Gasteiger partial charge in [0.1, 0.15) is 0 Å². The number of amides is 1. The molecule has 1 saturated heterocycles. The van der Waals surface area contributed by atoms with Gasteiger partial charge in [-0.05, 0) is 37.5 Å². The van der Waals surface area contributed by atoms with Gasteiger partial charge in [-0.2, -0.15) is 0 Å². The summed E-state index contributed by atoms with van der Waals surface area (Å²) in [4.78, 5) is 14.1. The van der Waals surface area contributed by atoms with Crippen LogP contribution in [0.5, 0.6) is 0 Å². The summed E-state index contributed by atoms with van der Waals surface area (Å²) in [5.41, 5.74) is 1.18. The first-order valence-corrected chi connectivity index (χ1v) is 7.09. The Kier molecular flexibility index (Phi) is 3.69. The molecule has 1 aromatic heterocycles. The Morgan fingerprint density at radius 2 is 2.00 bits per heavy atom. The zero-order valence-corrected chi connectivity index (χ0v) is 11.8. The van der Waals surface area contributed by atoms with Crippen LogP contribution in [-0.4, -0.2) is 38.9 Å². The second kappa shape index (κ2) is 5.63. The largest absolute Gasteiger partial charge is 0.337 e. The van der Waals surface area contributed by atoms with Crippen molar-refractivity contribution in [3.8, 4) is 5.69 Å². The monoisotopic (exact) mass is 290 g/mol. The number of hydrogen-bond acceptors (Lipinski definition) is 3. The molecule has 0 bridgehead atoms. The number of halogens is 1. The average molecular weight is 291 g/mol. The van der Waals surface area contributed by atoms with E-state index in [9.17, 15) is 4.79 Å². The zero-order chi connectivity index (χ0) is 13.9. The van der Waals surface area contributed by atoms with Crippen LogP contribution in [-0.2, 0) is 0 Å². The van der Waals surface area contributed by atoms with Crippen LogP contribution in [0.3, 0.4) is 0 Å².